The molecule has 0 fully saturated rings. The number of sulfone groups is 2. The fraction of sp³-hybridized carbons (Fsp3) is 0.147. The molecule has 7 rings (SSSR count). The monoisotopic (exact) mass is 725 g/mol. The molecule has 236 valence electrons. The minimum Gasteiger partial charge on any atom is -0.225 e. The number of hydrogen-bond acceptors (Lipinski definition) is 11. The van der Waals surface area contributed by atoms with Crippen molar-refractivity contribution >= 4 is 85.2 Å². The van der Waals surface area contributed by atoms with Gasteiger partial charge < -0.3 is 0 Å². The van der Waals surface area contributed by atoms with Gasteiger partial charge in [-0.15, -0.1) is 22.7 Å². The van der Waals surface area contributed by atoms with E-state index in [1.54, 1.807) is 36.4 Å². The summed E-state index contributed by atoms with van der Waals surface area (Å²) in [6, 6.07) is 21.8. The molecule has 4 aromatic rings. The highest BCUT2D eigenvalue weighted by atomic mass is 35.5. The zero-order valence-corrected chi connectivity index (χ0v) is 29.1. The molecule has 2 aromatic heterocycles. The molecule has 0 saturated carbocycles. The molecular formula is C34H20ClN5O4S4. The van der Waals surface area contributed by atoms with Gasteiger partial charge in [-0.05, 0) is 48.2 Å². The van der Waals surface area contributed by atoms with Crippen molar-refractivity contribution in [2.45, 2.75) is 41.9 Å². The first-order valence-corrected chi connectivity index (χ1v) is 19.5. The maximum absolute atomic E-state index is 13.7. The summed E-state index contributed by atoms with van der Waals surface area (Å²) in [5, 5.41) is 28.9. The molecule has 0 amide bonds. The summed E-state index contributed by atoms with van der Waals surface area (Å²) in [6.45, 7) is 4.09. The van der Waals surface area contributed by atoms with E-state index in [4.69, 9.17) is 11.6 Å². The number of hydrogen-bond donors (Lipinski definition) is 0. The van der Waals surface area contributed by atoms with Gasteiger partial charge >= 0.3 is 0 Å². The quantitative estimate of drug-likeness (QED) is 0.191. The van der Waals surface area contributed by atoms with E-state index >= 15 is 0 Å². The standard InChI is InChI=1S/C34H20ClN5O4S4/c1-3-34(4-2)21-13-26(39-32-28(18(15-36)16-37)19-9-5-7-11-24(19)47(32,41)42)45-30(21)31-22(34)14-27(46-31)40-33-29(23(35)17-38)20-10-6-8-12-25(20)48(33,43)44/h5-14H,3-4H2,1-2H3/b29-23+,39-32?,40-33?. The van der Waals surface area contributed by atoms with Crippen LogP contribution < -0.4 is 0 Å². The summed E-state index contributed by atoms with van der Waals surface area (Å²) in [5.41, 5.74) is 1.72. The van der Waals surface area contributed by atoms with E-state index in [0.29, 0.717) is 28.4 Å². The maximum Gasteiger partial charge on any atom is 0.225 e. The summed E-state index contributed by atoms with van der Waals surface area (Å²) in [7, 11) is -8.18. The van der Waals surface area contributed by atoms with Gasteiger partial charge in [-0.25, -0.2) is 26.8 Å². The fourth-order valence-corrected chi connectivity index (χ4v) is 12.7. The Labute approximate surface area is 289 Å². The van der Waals surface area contributed by atoms with E-state index in [-0.39, 0.29) is 47.2 Å². The smallest absolute Gasteiger partial charge is 0.225 e. The second-order valence-electron chi connectivity index (χ2n) is 11.1. The van der Waals surface area contributed by atoms with E-state index in [1.807, 2.05) is 44.2 Å². The predicted octanol–water partition coefficient (Wildman–Crippen LogP) is 8.21. The third-order valence-corrected chi connectivity index (χ3v) is 14.9. The third-order valence-electron chi connectivity index (χ3n) is 8.93. The lowest BCUT2D eigenvalue weighted by molar-refractivity contribution is 0.492. The molecule has 0 saturated heterocycles. The first kappa shape index (κ1) is 31.9. The van der Waals surface area contributed by atoms with Crippen LogP contribution in [0.25, 0.3) is 20.9 Å². The lowest BCUT2D eigenvalue weighted by atomic mass is 9.75. The van der Waals surface area contributed by atoms with Gasteiger partial charge in [0.1, 0.15) is 38.8 Å². The summed E-state index contributed by atoms with van der Waals surface area (Å²) < 4.78 is 54.6. The number of benzene rings is 2. The number of thiophene rings is 2. The number of fused-ring (bicyclic) bond motifs is 5. The van der Waals surface area contributed by atoms with Crippen molar-refractivity contribution in [3.8, 4) is 28.0 Å². The Morgan fingerprint density at radius 1 is 0.729 bits per heavy atom. The number of rotatable bonds is 4. The van der Waals surface area contributed by atoms with E-state index in [1.165, 1.54) is 34.8 Å². The number of nitrogens with zero attached hydrogens (tertiary/aromatic N) is 5. The zero-order valence-electron chi connectivity index (χ0n) is 25.1. The number of aliphatic imine (C=N–C) groups is 2. The van der Waals surface area contributed by atoms with Gasteiger partial charge in [-0.2, -0.15) is 15.8 Å². The molecule has 0 bridgehead atoms. The van der Waals surface area contributed by atoms with Crippen LogP contribution in [0.15, 0.2) is 91.0 Å². The van der Waals surface area contributed by atoms with Crippen LogP contribution in [-0.4, -0.2) is 26.9 Å². The SMILES string of the molecule is CCC1(CC)c2cc(N=C3C(=C(C#N)C#N)c4ccccc4S3(=O)=O)sc2-c2sc(N=C3/C(=C(/Cl)C#N)c4ccccc4S3(=O)=O)cc21. The Kier molecular flexibility index (Phi) is 7.44. The Morgan fingerprint density at radius 2 is 1.17 bits per heavy atom. The minimum absolute atomic E-state index is 0.0134. The van der Waals surface area contributed by atoms with Crippen LogP contribution >= 0.6 is 34.3 Å². The van der Waals surface area contributed by atoms with E-state index < -0.39 is 25.1 Å². The Bertz CT molecular complexity index is 2600. The highest BCUT2D eigenvalue weighted by Crippen LogP contribution is 2.61. The van der Waals surface area contributed by atoms with Gasteiger partial charge in [-0.3, -0.25) is 0 Å². The lowest BCUT2D eigenvalue weighted by Gasteiger charge is -2.27. The first-order chi connectivity index (χ1) is 23.0. The molecular weight excluding hydrogens is 706 g/mol. The molecule has 2 aromatic carbocycles. The van der Waals surface area contributed by atoms with Crippen LogP contribution in [0, 0.1) is 34.0 Å². The molecule has 48 heavy (non-hydrogen) atoms. The van der Waals surface area contributed by atoms with Crippen molar-refractivity contribution in [1.29, 1.82) is 15.8 Å². The van der Waals surface area contributed by atoms with E-state index in [9.17, 15) is 32.6 Å². The number of halogens is 1. The van der Waals surface area contributed by atoms with Crippen LogP contribution in [0.3, 0.4) is 0 Å². The van der Waals surface area contributed by atoms with Gasteiger partial charge in [0.25, 0.3) is 0 Å². The summed E-state index contributed by atoms with van der Waals surface area (Å²) in [6.07, 6.45) is 1.36. The van der Waals surface area contributed by atoms with Crippen LogP contribution in [0.5, 0.6) is 0 Å². The molecule has 4 heterocycles. The Balaban J connectivity index is 1.41. The van der Waals surface area contributed by atoms with Gasteiger partial charge in [0.05, 0.1) is 25.1 Å². The molecule has 0 atom stereocenters. The highest BCUT2D eigenvalue weighted by Gasteiger charge is 2.46. The van der Waals surface area contributed by atoms with E-state index in [0.717, 1.165) is 20.9 Å². The van der Waals surface area contributed by atoms with Crippen molar-refractivity contribution < 1.29 is 16.8 Å². The van der Waals surface area contributed by atoms with Crippen LogP contribution in [-0.2, 0) is 25.1 Å². The van der Waals surface area contributed by atoms with Crippen molar-refractivity contribution in [1.82, 2.24) is 0 Å². The normalized spacial score (nSPS) is 20.0. The maximum atomic E-state index is 13.7. The van der Waals surface area contributed by atoms with Gasteiger partial charge in [0, 0.05) is 22.1 Å². The molecule has 1 aliphatic carbocycles. The molecule has 0 radical (unpaired) electrons. The van der Waals surface area contributed by atoms with Crippen molar-refractivity contribution in [3.63, 3.8) is 0 Å². The molecule has 0 spiro atoms. The predicted molar refractivity (Wildman–Crippen MR) is 187 cm³/mol. The average Bonchev–Trinajstić information content (AvgIpc) is 3.84. The van der Waals surface area contributed by atoms with Crippen molar-refractivity contribution in [2.24, 2.45) is 9.98 Å². The lowest BCUT2D eigenvalue weighted by Crippen LogP contribution is -2.22. The highest BCUT2D eigenvalue weighted by molar-refractivity contribution is 8.08. The second-order valence-corrected chi connectivity index (χ2v) is 17.2. The second kappa shape index (κ2) is 11.2. The minimum atomic E-state index is -4.12. The van der Waals surface area contributed by atoms with E-state index in [2.05, 4.69) is 9.98 Å². The summed E-state index contributed by atoms with van der Waals surface area (Å²) in [4.78, 5) is 10.9. The number of allylic oxidation sites excluding steroid dienone is 2. The molecule has 9 nitrogen and oxygen atoms in total. The van der Waals surface area contributed by atoms with Crippen molar-refractivity contribution in [3.05, 3.63) is 93.5 Å². The fourth-order valence-electron chi connectivity index (χ4n) is 6.67. The zero-order chi connectivity index (χ0) is 34.2. The summed E-state index contributed by atoms with van der Waals surface area (Å²) >= 11 is 8.84. The van der Waals surface area contributed by atoms with Crippen LogP contribution in [0.1, 0.15) is 48.9 Å². The topological polar surface area (TPSA) is 164 Å². The first-order valence-electron chi connectivity index (χ1n) is 14.5. The van der Waals surface area contributed by atoms with Crippen LogP contribution in [0.2, 0.25) is 0 Å². The van der Waals surface area contributed by atoms with Crippen molar-refractivity contribution in [2.75, 3.05) is 0 Å². The van der Waals surface area contributed by atoms with Crippen LogP contribution in [0.4, 0.5) is 10.0 Å². The Morgan fingerprint density at radius 3 is 1.60 bits per heavy atom. The Hall–Kier alpha value is -4.68. The van der Waals surface area contributed by atoms with Gasteiger partial charge in [0.2, 0.25) is 19.7 Å². The van der Waals surface area contributed by atoms with Gasteiger partial charge in [0.15, 0.2) is 10.1 Å². The van der Waals surface area contributed by atoms with Gasteiger partial charge in [-0.1, -0.05) is 61.8 Å². The molecule has 3 aliphatic rings. The largest absolute Gasteiger partial charge is 0.225 e. The molecule has 14 heteroatoms. The number of nitriles is 3. The molecule has 0 unspecified atom stereocenters. The molecule has 2 aliphatic heterocycles. The third kappa shape index (κ3) is 4.28. The molecule has 0 N–H and O–H groups in total. The average molecular weight is 726 g/mol. The summed E-state index contributed by atoms with van der Waals surface area (Å²) in [5.74, 6) is 0.